The third kappa shape index (κ3) is 6.23. The second-order valence-electron chi connectivity index (χ2n) is 4.61. The van der Waals surface area contributed by atoms with Gasteiger partial charge in [0.1, 0.15) is 12.2 Å². The van der Waals surface area contributed by atoms with Crippen LogP contribution < -0.4 is 0 Å². The van der Waals surface area contributed by atoms with Gasteiger partial charge in [0.25, 0.3) is 0 Å². The van der Waals surface area contributed by atoms with Crippen LogP contribution in [0.15, 0.2) is 0 Å². The Hall–Kier alpha value is -0.900. The lowest BCUT2D eigenvalue weighted by molar-refractivity contribution is -0.146. The van der Waals surface area contributed by atoms with Gasteiger partial charge in [0.05, 0.1) is 12.7 Å². The number of ketones is 1. The van der Waals surface area contributed by atoms with E-state index in [0.29, 0.717) is 0 Å². The Bertz CT molecular complexity index is 227. The highest BCUT2D eigenvalue weighted by Gasteiger charge is 2.25. The number of rotatable bonds is 5. The van der Waals surface area contributed by atoms with Crippen LogP contribution in [0.4, 0.5) is 0 Å². The summed E-state index contributed by atoms with van der Waals surface area (Å²) < 4.78 is 4.64. The van der Waals surface area contributed by atoms with Crippen LogP contribution in [0.3, 0.4) is 0 Å². The second kappa shape index (κ2) is 5.85. The molecule has 4 nitrogen and oxygen atoms in total. The summed E-state index contributed by atoms with van der Waals surface area (Å²) in [4.78, 5) is 22.3. The molecule has 1 N–H and O–H groups in total. The van der Waals surface area contributed by atoms with Gasteiger partial charge in [-0.05, 0) is 12.3 Å². The summed E-state index contributed by atoms with van der Waals surface area (Å²) in [6.07, 6.45) is -0.969. The highest BCUT2D eigenvalue weighted by atomic mass is 16.5. The lowest BCUT2D eigenvalue weighted by Crippen LogP contribution is -2.29. The van der Waals surface area contributed by atoms with Crippen LogP contribution in [0, 0.1) is 5.41 Å². The molecule has 0 heterocycles. The molecule has 0 rings (SSSR count). The van der Waals surface area contributed by atoms with Gasteiger partial charge in [-0.15, -0.1) is 0 Å². The fourth-order valence-corrected chi connectivity index (χ4v) is 0.967. The van der Waals surface area contributed by atoms with Gasteiger partial charge in [0.15, 0.2) is 0 Å². The summed E-state index contributed by atoms with van der Waals surface area (Å²) >= 11 is 0. The minimum Gasteiger partial charge on any atom is -0.466 e. The van der Waals surface area contributed by atoms with Crippen molar-refractivity contribution in [3.63, 3.8) is 0 Å². The predicted molar refractivity (Wildman–Crippen MR) is 56.3 cm³/mol. The summed E-state index contributed by atoms with van der Waals surface area (Å²) in [5.41, 5.74) is -0.343. The van der Waals surface area contributed by atoms with E-state index >= 15 is 0 Å². The number of Topliss-reactive ketones (excluding diaryl/α,β-unsaturated/α-hetero) is 1. The fourth-order valence-electron chi connectivity index (χ4n) is 0.967. The van der Waals surface area contributed by atoms with Crippen molar-refractivity contribution in [3.8, 4) is 0 Å². The number of ether oxygens (including phenoxy) is 1. The maximum absolute atomic E-state index is 11.3. The van der Waals surface area contributed by atoms with E-state index < -0.39 is 12.1 Å². The van der Waals surface area contributed by atoms with Crippen LogP contribution in [0.1, 0.15) is 40.5 Å². The number of aliphatic hydroxyl groups is 1. The Kier molecular flexibility index (Phi) is 5.50. The smallest absolute Gasteiger partial charge is 0.313 e. The molecule has 0 aliphatic heterocycles. The molecule has 0 aromatic rings. The zero-order chi connectivity index (χ0) is 12.1. The number of carbonyl (C=O) groups excluding carboxylic acids is 2. The Labute approximate surface area is 90.6 Å². The van der Waals surface area contributed by atoms with Crippen LogP contribution in [-0.4, -0.2) is 29.6 Å². The lowest BCUT2D eigenvalue weighted by Gasteiger charge is -2.24. The van der Waals surface area contributed by atoms with E-state index in [2.05, 4.69) is 4.74 Å². The zero-order valence-corrected chi connectivity index (χ0v) is 9.87. The van der Waals surface area contributed by atoms with Crippen molar-refractivity contribution in [2.24, 2.45) is 5.41 Å². The number of hydrogen-bond acceptors (Lipinski definition) is 4. The normalized spacial score (nSPS) is 13.4. The van der Waals surface area contributed by atoms with Gasteiger partial charge < -0.3 is 9.84 Å². The first kappa shape index (κ1) is 14.1. The van der Waals surface area contributed by atoms with Crippen LogP contribution in [0.2, 0.25) is 0 Å². The van der Waals surface area contributed by atoms with Gasteiger partial charge in [-0.25, -0.2) is 0 Å². The number of esters is 1. The fraction of sp³-hybridized carbons (Fsp3) is 0.818. The average molecular weight is 216 g/mol. The zero-order valence-electron chi connectivity index (χ0n) is 9.87. The van der Waals surface area contributed by atoms with Crippen molar-refractivity contribution in [2.45, 2.75) is 46.6 Å². The van der Waals surface area contributed by atoms with Crippen LogP contribution in [0.25, 0.3) is 0 Å². The molecular formula is C11H20O4. The monoisotopic (exact) mass is 216 g/mol. The van der Waals surface area contributed by atoms with Crippen molar-refractivity contribution >= 4 is 11.8 Å². The molecule has 0 amide bonds. The Morgan fingerprint density at radius 3 is 2.27 bits per heavy atom. The minimum absolute atomic E-state index is 0.00230. The molecule has 0 aromatic carbocycles. The summed E-state index contributed by atoms with van der Waals surface area (Å²) in [6.45, 7) is 7.49. The second-order valence-corrected chi connectivity index (χ2v) is 4.61. The molecule has 0 aliphatic rings. The molecule has 0 radical (unpaired) electrons. The molecule has 4 heteroatoms. The third-order valence-corrected chi connectivity index (χ3v) is 2.07. The van der Waals surface area contributed by atoms with Crippen molar-refractivity contribution in [2.75, 3.05) is 6.61 Å². The SMILES string of the molecule is CCOC(=O)CC(=O)CC(O)C(C)(C)C. The van der Waals surface area contributed by atoms with E-state index in [-0.39, 0.29) is 30.6 Å². The van der Waals surface area contributed by atoms with Crippen LogP contribution in [0.5, 0.6) is 0 Å². The highest BCUT2D eigenvalue weighted by Crippen LogP contribution is 2.22. The molecular weight excluding hydrogens is 196 g/mol. The van der Waals surface area contributed by atoms with E-state index in [4.69, 9.17) is 0 Å². The topological polar surface area (TPSA) is 63.6 Å². The van der Waals surface area contributed by atoms with E-state index in [1.807, 2.05) is 20.8 Å². The van der Waals surface area contributed by atoms with Crippen LogP contribution in [-0.2, 0) is 14.3 Å². The van der Waals surface area contributed by atoms with Gasteiger partial charge in [0, 0.05) is 6.42 Å². The standard InChI is InChI=1S/C11H20O4/c1-5-15-10(14)7-8(12)6-9(13)11(2,3)4/h9,13H,5-7H2,1-4H3. The number of hydrogen-bond donors (Lipinski definition) is 1. The lowest BCUT2D eigenvalue weighted by atomic mass is 9.86. The van der Waals surface area contributed by atoms with Gasteiger partial charge in [-0.2, -0.15) is 0 Å². The van der Waals surface area contributed by atoms with Gasteiger partial charge in [0.2, 0.25) is 0 Å². The summed E-state index contributed by atoms with van der Waals surface area (Å²) in [6, 6.07) is 0. The third-order valence-electron chi connectivity index (χ3n) is 2.07. The average Bonchev–Trinajstić information content (AvgIpc) is 2.01. The number of aliphatic hydroxyl groups excluding tert-OH is 1. The first-order valence-corrected chi connectivity index (χ1v) is 5.12. The molecule has 0 bridgehead atoms. The molecule has 0 spiro atoms. The molecule has 15 heavy (non-hydrogen) atoms. The van der Waals surface area contributed by atoms with Crippen molar-refractivity contribution < 1.29 is 19.4 Å². The molecule has 1 atom stereocenters. The first-order chi connectivity index (χ1) is 6.77. The van der Waals surface area contributed by atoms with Gasteiger partial charge >= 0.3 is 5.97 Å². The maximum atomic E-state index is 11.3. The van der Waals surface area contributed by atoms with Crippen LogP contribution >= 0.6 is 0 Å². The molecule has 0 fully saturated rings. The quantitative estimate of drug-likeness (QED) is 0.556. The van der Waals surface area contributed by atoms with Gasteiger partial charge in [-0.3, -0.25) is 9.59 Å². The Morgan fingerprint density at radius 1 is 1.33 bits per heavy atom. The molecule has 0 saturated heterocycles. The molecule has 88 valence electrons. The first-order valence-electron chi connectivity index (χ1n) is 5.12. The predicted octanol–water partition coefficient (Wildman–Crippen LogP) is 1.31. The minimum atomic E-state index is -0.723. The Balaban J connectivity index is 3.99. The summed E-state index contributed by atoms with van der Waals surface area (Å²) in [7, 11) is 0. The molecule has 0 saturated carbocycles. The van der Waals surface area contributed by atoms with E-state index in [1.54, 1.807) is 6.92 Å². The molecule has 0 aromatic heterocycles. The van der Waals surface area contributed by atoms with Crippen molar-refractivity contribution in [1.82, 2.24) is 0 Å². The van der Waals surface area contributed by atoms with Gasteiger partial charge in [-0.1, -0.05) is 20.8 Å². The van der Waals surface area contributed by atoms with E-state index in [0.717, 1.165) is 0 Å². The summed E-state index contributed by atoms with van der Waals surface area (Å²) in [5, 5.41) is 9.63. The van der Waals surface area contributed by atoms with E-state index in [1.165, 1.54) is 0 Å². The van der Waals surface area contributed by atoms with E-state index in [9.17, 15) is 14.7 Å². The highest BCUT2D eigenvalue weighted by molar-refractivity contribution is 5.95. The molecule has 0 aliphatic carbocycles. The van der Waals surface area contributed by atoms with Crippen molar-refractivity contribution in [3.05, 3.63) is 0 Å². The maximum Gasteiger partial charge on any atom is 0.313 e. The summed E-state index contributed by atoms with van der Waals surface area (Å²) in [5.74, 6) is -0.806. The Morgan fingerprint density at radius 2 is 1.87 bits per heavy atom. The molecule has 1 unspecified atom stereocenters. The van der Waals surface area contributed by atoms with Crippen molar-refractivity contribution in [1.29, 1.82) is 0 Å². The number of carbonyl (C=O) groups is 2. The largest absolute Gasteiger partial charge is 0.466 e.